The number of pyridine rings is 1. The zero-order valence-corrected chi connectivity index (χ0v) is 18.5. The van der Waals surface area contributed by atoms with Crippen LogP contribution in [0.5, 0.6) is 0 Å². The topological polar surface area (TPSA) is 65.1 Å². The Bertz CT molecular complexity index is 1430. The van der Waals surface area contributed by atoms with E-state index >= 15 is 0 Å². The molecule has 3 aromatic heterocycles. The van der Waals surface area contributed by atoms with Crippen molar-refractivity contribution in [3.63, 3.8) is 0 Å². The van der Waals surface area contributed by atoms with Crippen LogP contribution in [0.25, 0.3) is 17.0 Å². The smallest absolute Gasteiger partial charge is 0.258 e. The fraction of sp³-hybridized carbons (Fsp3) is 0.0833. The van der Waals surface area contributed by atoms with Crippen LogP contribution in [-0.4, -0.2) is 24.1 Å². The predicted molar refractivity (Wildman–Crippen MR) is 127 cm³/mol. The van der Waals surface area contributed by atoms with Gasteiger partial charge in [0.25, 0.3) is 5.56 Å². The standard InChI is InChI=1S/C24H18ClN5OS/c25-19-11-9-18(10-12-19)23-27-28-24(30(23)15-17-6-2-1-3-7-17)32-16-20-14-22(31)29-13-5-4-8-21(29)26-20/h1-14H,15-16H2. The number of nitrogens with zero attached hydrogens (tertiary/aromatic N) is 5. The minimum absolute atomic E-state index is 0.0983. The number of fused-ring (bicyclic) bond motifs is 1. The van der Waals surface area contributed by atoms with Gasteiger partial charge in [-0.25, -0.2) is 4.98 Å². The van der Waals surface area contributed by atoms with Crippen LogP contribution in [0, 0.1) is 0 Å². The first-order chi connectivity index (χ1) is 15.7. The number of rotatable bonds is 6. The molecule has 0 unspecified atom stereocenters. The van der Waals surface area contributed by atoms with Gasteiger partial charge >= 0.3 is 0 Å². The normalized spacial score (nSPS) is 11.2. The van der Waals surface area contributed by atoms with Crippen LogP contribution in [0.4, 0.5) is 0 Å². The maximum atomic E-state index is 12.4. The van der Waals surface area contributed by atoms with Crippen molar-refractivity contribution in [3.05, 3.63) is 112 Å². The van der Waals surface area contributed by atoms with Gasteiger partial charge < -0.3 is 0 Å². The molecule has 0 N–H and O–H groups in total. The van der Waals surface area contributed by atoms with Crippen molar-refractivity contribution in [1.82, 2.24) is 24.1 Å². The van der Waals surface area contributed by atoms with E-state index in [-0.39, 0.29) is 5.56 Å². The number of benzene rings is 2. The molecule has 5 aromatic rings. The maximum absolute atomic E-state index is 12.4. The summed E-state index contributed by atoms with van der Waals surface area (Å²) >= 11 is 7.57. The minimum Gasteiger partial charge on any atom is -0.298 e. The first-order valence-electron chi connectivity index (χ1n) is 10.0. The number of hydrogen-bond acceptors (Lipinski definition) is 5. The van der Waals surface area contributed by atoms with Crippen LogP contribution < -0.4 is 5.56 Å². The molecule has 0 aliphatic rings. The van der Waals surface area contributed by atoms with Crippen LogP contribution in [0.2, 0.25) is 5.02 Å². The average Bonchev–Trinajstić information content (AvgIpc) is 3.21. The summed E-state index contributed by atoms with van der Waals surface area (Å²) in [5.41, 5.74) is 3.31. The lowest BCUT2D eigenvalue weighted by Gasteiger charge is -2.11. The number of hydrogen-bond donors (Lipinski definition) is 0. The highest BCUT2D eigenvalue weighted by atomic mass is 35.5. The molecule has 0 saturated carbocycles. The Balaban J connectivity index is 1.48. The highest BCUT2D eigenvalue weighted by Gasteiger charge is 2.16. The average molecular weight is 460 g/mol. The second kappa shape index (κ2) is 8.98. The zero-order valence-electron chi connectivity index (χ0n) is 16.9. The lowest BCUT2D eigenvalue weighted by Crippen LogP contribution is -2.14. The summed E-state index contributed by atoms with van der Waals surface area (Å²) in [7, 11) is 0. The van der Waals surface area contributed by atoms with Crippen molar-refractivity contribution in [3.8, 4) is 11.4 Å². The molecule has 0 aliphatic carbocycles. The van der Waals surface area contributed by atoms with Crippen LogP contribution in [0.3, 0.4) is 0 Å². The molecule has 0 saturated heterocycles. The molecule has 32 heavy (non-hydrogen) atoms. The summed E-state index contributed by atoms with van der Waals surface area (Å²) in [4.78, 5) is 17.0. The lowest BCUT2D eigenvalue weighted by molar-refractivity contribution is 0.714. The van der Waals surface area contributed by atoms with Crippen molar-refractivity contribution in [2.24, 2.45) is 0 Å². The Hall–Kier alpha value is -3.42. The Morgan fingerprint density at radius 1 is 0.906 bits per heavy atom. The second-order valence-corrected chi connectivity index (χ2v) is 8.57. The summed E-state index contributed by atoms with van der Waals surface area (Å²) in [6.45, 7) is 0.627. The third-order valence-electron chi connectivity index (χ3n) is 4.98. The highest BCUT2D eigenvalue weighted by molar-refractivity contribution is 7.98. The van der Waals surface area contributed by atoms with E-state index in [1.807, 2.05) is 60.7 Å². The molecule has 158 valence electrons. The molecule has 0 amide bonds. The summed E-state index contributed by atoms with van der Waals surface area (Å²) in [6, 6.07) is 24.8. The molecule has 0 aliphatic heterocycles. The third kappa shape index (κ3) is 4.30. The summed E-state index contributed by atoms with van der Waals surface area (Å²) in [6.07, 6.45) is 1.72. The van der Waals surface area contributed by atoms with Crippen LogP contribution >= 0.6 is 23.4 Å². The summed E-state index contributed by atoms with van der Waals surface area (Å²) in [5, 5.41) is 10.3. The molecule has 0 bridgehead atoms. The van der Waals surface area contributed by atoms with Gasteiger partial charge in [-0.15, -0.1) is 10.2 Å². The van der Waals surface area contributed by atoms with Crippen molar-refractivity contribution >= 4 is 29.0 Å². The van der Waals surface area contributed by atoms with Gasteiger partial charge in [-0.2, -0.15) is 0 Å². The Morgan fingerprint density at radius 3 is 2.50 bits per heavy atom. The van der Waals surface area contributed by atoms with Crippen molar-refractivity contribution < 1.29 is 0 Å². The van der Waals surface area contributed by atoms with E-state index in [1.165, 1.54) is 16.2 Å². The van der Waals surface area contributed by atoms with Crippen molar-refractivity contribution in [2.75, 3.05) is 0 Å². The molecule has 3 heterocycles. The van der Waals surface area contributed by atoms with Crippen LogP contribution in [0.1, 0.15) is 11.3 Å². The molecule has 0 spiro atoms. The summed E-state index contributed by atoms with van der Waals surface area (Å²) in [5.74, 6) is 1.27. The molecular formula is C24H18ClN5OS. The number of thioether (sulfide) groups is 1. The zero-order chi connectivity index (χ0) is 21.9. The van der Waals surface area contributed by atoms with Gasteiger partial charge in [0.05, 0.1) is 12.2 Å². The van der Waals surface area contributed by atoms with E-state index in [0.29, 0.717) is 28.7 Å². The molecule has 2 aromatic carbocycles. The van der Waals surface area contributed by atoms with E-state index in [2.05, 4.69) is 31.9 Å². The van der Waals surface area contributed by atoms with Gasteiger partial charge in [-0.1, -0.05) is 59.8 Å². The van der Waals surface area contributed by atoms with Crippen molar-refractivity contribution in [1.29, 1.82) is 0 Å². The first kappa shape index (κ1) is 20.5. The van der Waals surface area contributed by atoms with Gasteiger partial charge in [0.1, 0.15) is 5.65 Å². The van der Waals surface area contributed by atoms with E-state index < -0.39 is 0 Å². The van der Waals surface area contributed by atoms with E-state index in [1.54, 1.807) is 12.3 Å². The first-order valence-corrected chi connectivity index (χ1v) is 11.4. The van der Waals surface area contributed by atoms with Crippen LogP contribution in [-0.2, 0) is 12.3 Å². The fourth-order valence-corrected chi connectivity index (χ4v) is 4.39. The summed E-state index contributed by atoms with van der Waals surface area (Å²) < 4.78 is 3.61. The molecule has 6 nitrogen and oxygen atoms in total. The largest absolute Gasteiger partial charge is 0.298 e. The van der Waals surface area contributed by atoms with Gasteiger partial charge in [-0.3, -0.25) is 13.8 Å². The molecule has 0 fully saturated rings. The lowest BCUT2D eigenvalue weighted by atomic mass is 10.2. The quantitative estimate of drug-likeness (QED) is 0.336. The van der Waals surface area contributed by atoms with Gasteiger partial charge in [0.15, 0.2) is 11.0 Å². The second-order valence-electron chi connectivity index (χ2n) is 7.19. The van der Waals surface area contributed by atoms with Gasteiger partial charge in [0.2, 0.25) is 0 Å². The van der Waals surface area contributed by atoms with E-state index in [0.717, 1.165) is 22.1 Å². The van der Waals surface area contributed by atoms with Crippen LogP contribution in [0.15, 0.2) is 95.0 Å². The Labute approximate surface area is 193 Å². The van der Waals surface area contributed by atoms with E-state index in [4.69, 9.17) is 11.6 Å². The molecule has 5 rings (SSSR count). The van der Waals surface area contributed by atoms with Crippen molar-refractivity contribution in [2.45, 2.75) is 17.5 Å². The molecule has 0 atom stereocenters. The Morgan fingerprint density at radius 2 is 1.69 bits per heavy atom. The number of aromatic nitrogens is 5. The highest BCUT2D eigenvalue weighted by Crippen LogP contribution is 2.27. The van der Waals surface area contributed by atoms with E-state index in [9.17, 15) is 4.79 Å². The molecular weight excluding hydrogens is 442 g/mol. The SMILES string of the molecule is O=c1cc(CSc2nnc(-c3ccc(Cl)cc3)n2Cc2ccccc2)nc2ccccn12. The minimum atomic E-state index is -0.0983. The molecule has 8 heteroatoms. The third-order valence-corrected chi connectivity index (χ3v) is 6.23. The fourth-order valence-electron chi connectivity index (χ4n) is 3.43. The number of halogens is 1. The molecule has 0 radical (unpaired) electrons. The van der Waals surface area contributed by atoms with Gasteiger partial charge in [0, 0.05) is 28.6 Å². The monoisotopic (exact) mass is 459 g/mol. The Kier molecular flexibility index (Phi) is 5.75. The maximum Gasteiger partial charge on any atom is 0.258 e. The predicted octanol–water partition coefficient (Wildman–Crippen LogP) is 4.95. The van der Waals surface area contributed by atoms with Gasteiger partial charge in [-0.05, 0) is 42.0 Å².